The van der Waals surface area contributed by atoms with Crippen LogP contribution in [0.4, 0.5) is 11.4 Å². The lowest BCUT2D eigenvalue weighted by atomic mass is 10.1. The molecule has 2 rings (SSSR count). The first kappa shape index (κ1) is 13.1. The van der Waals surface area contributed by atoms with E-state index in [9.17, 15) is 5.11 Å². The smallest absolute Gasteiger partial charge is 0.0991 e. The summed E-state index contributed by atoms with van der Waals surface area (Å²) in [5, 5.41) is 18.3. The predicted molar refractivity (Wildman–Crippen MR) is 76.3 cm³/mol. The summed E-state index contributed by atoms with van der Waals surface area (Å²) in [5.41, 5.74) is 3.61. The highest BCUT2D eigenvalue weighted by molar-refractivity contribution is 5.63. The van der Waals surface area contributed by atoms with Crippen molar-refractivity contribution < 1.29 is 5.11 Å². The Morgan fingerprint density at radius 3 is 1.89 bits per heavy atom. The molecule has 0 aliphatic heterocycles. The minimum Gasteiger partial charge on any atom is -0.389 e. The Morgan fingerprint density at radius 1 is 1.00 bits per heavy atom. The fourth-order valence-electron chi connectivity index (χ4n) is 1.89. The number of aliphatic hydroxyl groups excluding tert-OH is 1. The molecule has 0 aliphatic carbocycles. The maximum absolute atomic E-state index is 9.48. The van der Waals surface area contributed by atoms with Crippen molar-refractivity contribution in [1.29, 1.82) is 5.26 Å². The summed E-state index contributed by atoms with van der Waals surface area (Å²) >= 11 is 0. The molecule has 19 heavy (non-hydrogen) atoms. The van der Waals surface area contributed by atoms with Gasteiger partial charge < -0.3 is 10.0 Å². The summed E-state index contributed by atoms with van der Waals surface area (Å²) in [4.78, 5) is 2.03. The van der Waals surface area contributed by atoms with E-state index in [-0.39, 0.29) is 0 Å². The fourth-order valence-corrected chi connectivity index (χ4v) is 1.89. The first-order valence-electron chi connectivity index (χ1n) is 6.13. The molecular weight excluding hydrogens is 236 g/mol. The monoisotopic (exact) mass is 252 g/mol. The van der Waals surface area contributed by atoms with E-state index in [2.05, 4.69) is 6.07 Å². The van der Waals surface area contributed by atoms with Crippen molar-refractivity contribution in [2.75, 3.05) is 11.9 Å². The SMILES string of the molecule is C[C@H](O)c1ccc(N(C)c2ccc(C#N)cc2)cc1. The molecular formula is C16H16N2O. The second-order valence-electron chi connectivity index (χ2n) is 4.49. The topological polar surface area (TPSA) is 47.3 Å². The number of hydrogen-bond donors (Lipinski definition) is 1. The summed E-state index contributed by atoms with van der Waals surface area (Å²) in [6, 6.07) is 17.3. The third-order valence-corrected chi connectivity index (χ3v) is 3.15. The standard InChI is InChI=1S/C16H16N2O/c1-12(19)14-5-9-16(10-6-14)18(2)15-7-3-13(11-17)4-8-15/h3-10,12,19H,1-2H3/t12-/m0/s1. The molecule has 0 unspecified atom stereocenters. The minimum absolute atomic E-state index is 0.450. The van der Waals surface area contributed by atoms with Crippen molar-refractivity contribution in [2.24, 2.45) is 0 Å². The lowest BCUT2D eigenvalue weighted by Gasteiger charge is -2.20. The molecule has 0 amide bonds. The predicted octanol–water partition coefficient (Wildman–Crippen LogP) is 3.38. The Kier molecular flexibility index (Phi) is 3.84. The van der Waals surface area contributed by atoms with E-state index < -0.39 is 6.10 Å². The molecule has 0 bridgehead atoms. The number of hydrogen-bond acceptors (Lipinski definition) is 3. The Bertz CT molecular complexity index is 580. The Hall–Kier alpha value is -2.31. The summed E-state index contributed by atoms with van der Waals surface area (Å²) in [6.45, 7) is 1.75. The van der Waals surface area contributed by atoms with E-state index in [0.29, 0.717) is 5.56 Å². The van der Waals surface area contributed by atoms with Gasteiger partial charge in [-0.25, -0.2) is 0 Å². The molecule has 0 heterocycles. The van der Waals surface area contributed by atoms with Gasteiger partial charge in [0, 0.05) is 18.4 Å². The van der Waals surface area contributed by atoms with Crippen LogP contribution in [0.25, 0.3) is 0 Å². The van der Waals surface area contributed by atoms with Gasteiger partial charge in [0.1, 0.15) is 0 Å². The summed E-state index contributed by atoms with van der Waals surface area (Å²) < 4.78 is 0. The molecule has 0 spiro atoms. The molecule has 0 radical (unpaired) electrons. The van der Waals surface area contributed by atoms with Crippen molar-refractivity contribution in [3.8, 4) is 6.07 Å². The molecule has 0 aliphatic rings. The molecule has 0 saturated heterocycles. The maximum atomic E-state index is 9.48. The molecule has 3 nitrogen and oxygen atoms in total. The molecule has 1 atom stereocenters. The average molecular weight is 252 g/mol. The Balaban J connectivity index is 2.23. The van der Waals surface area contributed by atoms with Gasteiger partial charge in [0.05, 0.1) is 17.7 Å². The van der Waals surface area contributed by atoms with Crippen LogP contribution in [-0.2, 0) is 0 Å². The van der Waals surface area contributed by atoms with Crippen molar-refractivity contribution >= 4 is 11.4 Å². The molecule has 0 saturated carbocycles. The number of rotatable bonds is 3. The van der Waals surface area contributed by atoms with Gasteiger partial charge >= 0.3 is 0 Å². The third-order valence-electron chi connectivity index (χ3n) is 3.15. The summed E-state index contributed by atoms with van der Waals surface area (Å²) in [5.74, 6) is 0. The highest BCUT2D eigenvalue weighted by Crippen LogP contribution is 2.25. The largest absolute Gasteiger partial charge is 0.389 e. The van der Waals surface area contributed by atoms with E-state index in [1.54, 1.807) is 19.1 Å². The zero-order valence-corrected chi connectivity index (χ0v) is 11.0. The minimum atomic E-state index is -0.450. The number of benzene rings is 2. The van der Waals surface area contributed by atoms with E-state index in [4.69, 9.17) is 5.26 Å². The van der Waals surface area contributed by atoms with Crippen LogP contribution in [0.1, 0.15) is 24.2 Å². The van der Waals surface area contributed by atoms with Crippen LogP contribution < -0.4 is 4.90 Å². The molecule has 2 aromatic rings. The number of anilines is 2. The van der Waals surface area contributed by atoms with Crippen LogP contribution in [0.5, 0.6) is 0 Å². The van der Waals surface area contributed by atoms with E-state index in [0.717, 1.165) is 16.9 Å². The van der Waals surface area contributed by atoms with Gasteiger partial charge in [-0.1, -0.05) is 12.1 Å². The molecule has 0 fully saturated rings. The summed E-state index contributed by atoms with van der Waals surface area (Å²) in [7, 11) is 1.97. The van der Waals surface area contributed by atoms with Crippen molar-refractivity contribution in [2.45, 2.75) is 13.0 Å². The quantitative estimate of drug-likeness (QED) is 0.911. The number of nitriles is 1. The lowest BCUT2D eigenvalue weighted by Crippen LogP contribution is -2.09. The van der Waals surface area contributed by atoms with Gasteiger partial charge in [-0.15, -0.1) is 0 Å². The fraction of sp³-hybridized carbons (Fsp3) is 0.188. The van der Waals surface area contributed by atoms with Gasteiger partial charge in [-0.2, -0.15) is 5.26 Å². The highest BCUT2D eigenvalue weighted by Gasteiger charge is 2.05. The normalized spacial score (nSPS) is 11.7. The number of aliphatic hydroxyl groups is 1. The van der Waals surface area contributed by atoms with Crippen LogP contribution in [-0.4, -0.2) is 12.2 Å². The lowest BCUT2D eigenvalue weighted by molar-refractivity contribution is 0.199. The van der Waals surface area contributed by atoms with Crippen LogP contribution in [0.3, 0.4) is 0 Å². The van der Waals surface area contributed by atoms with Gasteiger partial charge in [0.25, 0.3) is 0 Å². The van der Waals surface area contributed by atoms with E-state index in [1.807, 2.05) is 48.3 Å². The number of nitrogens with zero attached hydrogens (tertiary/aromatic N) is 2. The highest BCUT2D eigenvalue weighted by atomic mass is 16.3. The second kappa shape index (κ2) is 5.55. The third kappa shape index (κ3) is 2.93. The van der Waals surface area contributed by atoms with E-state index in [1.165, 1.54) is 0 Å². The van der Waals surface area contributed by atoms with Gasteiger partial charge in [-0.05, 0) is 48.9 Å². The molecule has 3 heteroatoms. The van der Waals surface area contributed by atoms with Crippen LogP contribution in [0.2, 0.25) is 0 Å². The van der Waals surface area contributed by atoms with Crippen LogP contribution >= 0.6 is 0 Å². The molecule has 2 aromatic carbocycles. The molecule has 0 aromatic heterocycles. The molecule has 96 valence electrons. The second-order valence-corrected chi connectivity index (χ2v) is 4.49. The maximum Gasteiger partial charge on any atom is 0.0991 e. The van der Waals surface area contributed by atoms with E-state index >= 15 is 0 Å². The van der Waals surface area contributed by atoms with Gasteiger partial charge in [-0.3, -0.25) is 0 Å². The zero-order valence-electron chi connectivity index (χ0n) is 11.0. The van der Waals surface area contributed by atoms with Gasteiger partial charge in [0.15, 0.2) is 0 Å². The summed E-state index contributed by atoms with van der Waals surface area (Å²) in [6.07, 6.45) is -0.450. The van der Waals surface area contributed by atoms with Crippen molar-refractivity contribution in [3.05, 3.63) is 59.7 Å². The zero-order chi connectivity index (χ0) is 13.8. The molecule has 1 N–H and O–H groups in total. The average Bonchev–Trinajstić information content (AvgIpc) is 2.46. The van der Waals surface area contributed by atoms with Crippen LogP contribution in [0, 0.1) is 11.3 Å². The van der Waals surface area contributed by atoms with Crippen molar-refractivity contribution in [3.63, 3.8) is 0 Å². The Labute approximate surface area is 113 Å². The first-order chi connectivity index (χ1) is 9.11. The van der Waals surface area contributed by atoms with Gasteiger partial charge in [0.2, 0.25) is 0 Å². The van der Waals surface area contributed by atoms with Crippen molar-refractivity contribution in [1.82, 2.24) is 0 Å². The Morgan fingerprint density at radius 2 is 1.47 bits per heavy atom. The van der Waals surface area contributed by atoms with Crippen LogP contribution in [0.15, 0.2) is 48.5 Å². The first-order valence-corrected chi connectivity index (χ1v) is 6.13.